The van der Waals surface area contributed by atoms with E-state index in [-0.39, 0.29) is 57.7 Å². The molecule has 0 aromatic rings. The summed E-state index contributed by atoms with van der Waals surface area (Å²) >= 11 is 0. The molecule has 0 unspecified atom stereocenters. The van der Waals surface area contributed by atoms with E-state index in [0.717, 1.165) is 25.7 Å². The van der Waals surface area contributed by atoms with Crippen LogP contribution in [-0.2, 0) is 50.9 Å². The smallest absolute Gasteiger partial charge is 0.298 e. The third kappa shape index (κ3) is 16.8. The Bertz CT molecular complexity index is 294. The van der Waals surface area contributed by atoms with Gasteiger partial charge in [0, 0.05) is 21.7 Å². The van der Waals surface area contributed by atoms with Gasteiger partial charge in [-0.2, -0.15) is 9.78 Å². The first-order chi connectivity index (χ1) is 11.2. The van der Waals surface area contributed by atoms with E-state index in [2.05, 4.69) is 9.78 Å². The number of carbonyl (C=O) groups is 2. The average Bonchev–Trinajstić information content (AvgIpc) is 2.53. The molecule has 0 saturated heterocycles. The van der Waals surface area contributed by atoms with Crippen molar-refractivity contribution in [2.24, 2.45) is 11.8 Å². The molecule has 0 spiro atoms. The van der Waals surface area contributed by atoms with Crippen molar-refractivity contribution in [3.63, 3.8) is 0 Å². The molecule has 0 aliphatic heterocycles. The van der Waals surface area contributed by atoms with Gasteiger partial charge in [-0.05, 0) is 53.4 Å². The number of hydrogen-bond donors (Lipinski definition) is 0. The maximum atomic E-state index is 11.2. The Morgan fingerprint density at radius 3 is 1.04 bits per heavy atom. The van der Waals surface area contributed by atoms with Crippen molar-refractivity contribution in [2.45, 2.75) is 93.3 Å². The van der Waals surface area contributed by atoms with Crippen LogP contribution in [-0.4, -0.2) is 24.1 Å². The zero-order valence-electron chi connectivity index (χ0n) is 17.1. The fraction of sp³-hybridized carbons (Fsp3) is 0.889. The predicted octanol–water partition coefficient (Wildman–Crippen LogP) is 4.61. The average molecular weight is 396 g/mol. The zero-order chi connectivity index (χ0) is 19.1. The first kappa shape index (κ1) is 29.3. The van der Waals surface area contributed by atoms with E-state index >= 15 is 0 Å². The van der Waals surface area contributed by atoms with E-state index < -0.39 is 0 Å². The molecule has 0 aromatic carbocycles. The molecular weight excluding hydrogens is 360 g/mol. The van der Waals surface area contributed by atoms with Gasteiger partial charge >= 0.3 is 11.9 Å². The Kier molecular flexibility index (Phi) is 21.6. The van der Waals surface area contributed by atoms with Crippen molar-refractivity contribution >= 4 is 11.9 Å². The van der Waals surface area contributed by atoms with Gasteiger partial charge in [-0.25, -0.2) is 9.59 Å². The Balaban J connectivity index is -0.000000372. The molecule has 25 heavy (non-hydrogen) atoms. The fourth-order valence-corrected chi connectivity index (χ4v) is 1.67. The maximum Gasteiger partial charge on any atom is 0.345 e. The van der Waals surface area contributed by atoms with Crippen molar-refractivity contribution in [1.29, 1.82) is 0 Å². The number of hydrogen-bond acceptors (Lipinski definition) is 6. The van der Waals surface area contributed by atoms with Crippen LogP contribution in [0.4, 0.5) is 0 Å². The van der Waals surface area contributed by atoms with E-state index in [1.807, 2.05) is 55.4 Å². The molecule has 0 N–H and O–H groups in total. The van der Waals surface area contributed by atoms with Crippen molar-refractivity contribution in [1.82, 2.24) is 0 Å². The standard InChI is InChI=1S/2C9H18O3.Ti/c2*1-5-8(6-2)9(10)12-11-7(3)4;/h2*7-8H,5-6H2,1-4H3;. The minimum absolute atomic E-state index is 0. The molecule has 0 aromatic heterocycles. The summed E-state index contributed by atoms with van der Waals surface area (Å²) in [5, 5.41) is 0. The first-order valence-electron chi connectivity index (χ1n) is 8.97. The molecule has 148 valence electrons. The molecule has 0 fully saturated rings. The molecule has 0 amide bonds. The van der Waals surface area contributed by atoms with Gasteiger partial charge in [-0.15, -0.1) is 0 Å². The second-order valence-electron chi connectivity index (χ2n) is 6.12. The van der Waals surface area contributed by atoms with Crippen molar-refractivity contribution < 1.29 is 50.9 Å². The summed E-state index contributed by atoms with van der Waals surface area (Å²) in [6, 6.07) is 0. The SMILES string of the molecule is CCC(CC)C(=O)OOC(C)C.CCC(CC)C(=O)OOC(C)C.[Ti]. The zero-order valence-corrected chi connectivity index (χ0v) is 18.6. The second kappa shape index (κ2) is 18.4. The number of carbonyl (C=O) groups excluding carboxylic acids is 2. The molecule has 7 heteroatoms. The van der Waals surface area contributed by atoms with Crippen LogP contribution in [0.15, 0.2) is 0 Å². The van der Waals surface area contributed by atoms with E-state index in [1.54, 1.807) is 0 Å². The summed E-state index contributed by atoms with van der Waals surface area (Å²) in [7, 11) is 0. The Morgan fingerprint density at radius 2 is 0.880 bits per heavy atom. The van der Waals surface area contributed by atoms with E-state index in [1.165, 1.54) is 0 Å². The molecular formula is C18H36O6Ti. The van der Waals surface area contributed by atoms with Gasteiger partial charge in [-0.1, -0.05) is 27.7 Å². The largest absolute Gasteiger partial charge is 0.345 e. The monoisotopic (exact) mass is 396 g/mol. The maximum absolute atomic E-state index is 11.2. The van der Waals surface area contributed by atoms with Gasteiger partial charge in [0.15, 0.2) is 0 Å². The predicted molar refractivity (Wildman–Crippen MR) is 92.8 cm³/mol. The summed E-state index contributed by atoms with van der Waals surface area (Å²) in [6.45, 7) is 15.1. The van der Waals surface area contributed by atoms with Gasteiger partial charge in [0.1, 0.15) is 0 Å². The van der Waals surface area contributed by atoms with Crippen LogP contribution in [0.5, 0.6) is 0 Å². The van der Waals surface area contributed by atoms with Crippen molar-refractivity contribution in [3.05, 3.63) is 0 Å². The summed E-state index contributed by atoms with van der Waals surface area (Å²) in [6.07, 6.45) is 3.08. The second-order valence-corrected chi connectivity index (χ2v) is 6.12. The van der Waals surface area contributed by atoms with Crippen LogP contribution < -0.4 is 0 Å². The van der Waals surface area contributed by atoms with Crippen molar-refractivity contribution in [2.75, 3.05) is 0 Å². The minimum atomic E-state index is -0.256. The van der Waals surface area contributed by atoms with Crippen LogP contribution in [0.2, 0.25) is 0 Å². The molecule has 0 aliphatic rings. The fourth-order valence-electron chi connectivity index (χ4n) is 1.67. The van der Waals surface area contributed by atoms with Gasteiger partial charge < -0.3 is 0 Å². The van der Waals surface area contributed by atoms with E-state index in [0.29, 0.717) is 0 Å². The molecule has 0 radical (unpaired) electrons. The van der Waals surface area contributed by atoms with Crippen molar-refractivity contribution in [3.8, 4) is 0 Å². The summed E-state index contributed by atoms with van der Waals surface area (Å²) in [5.41, 5.74) is 0. The van der Waals surface area contributed by atoms with Gasteiger partial charge in [0.25, 0.3) is 0 Å². The van der Waals surface area contributed by atoms with Crippen LogP contribution in [0.1, 0.15) is 81.1 Å². The molecule has 0 rings (SSSR count). The van der Waals surface area contributed by atoms with Gasteiger partial charge in [-0.3, -0.25) is 9.78 Å². The minimum Gasteiger partial charge on any atom is -0.298 e. The van der Waals surface area contributed by atoms with E-state index in [4.69, 9.17) is 9.78 Å². The first-order valence-corrected chi connectivity index (χ1v) is 8.97. The molecule has 0 heterocycles. The molecule has 0 aliphatic carbocycles. The van der Waals surface area contributed by atoms with Crippen LogP contribution in [0, 0.1) is 11.8 Å². The summed E-state index contributed by atoms with van der Waals surface area (Å²) < 4.78 is 0. The summed E-state index contributed by atoms with van der Waals surface area (Å²) in [4.78, 5) is 41.0. The Hall–Kier alpha value is -0.426. The van der Waals surface area contributed by atoms with Crippen LogP contribution in [0.3, 0.4) is 0 Å². The van der Waals surface area contributed by atoms with E-state index in [9.17, 15) is 9.59 Å². The Labute approximate surface area is 168 Å². The third-order valence-corrected chi connectivity index (χ3v) is 3.28. The quantitative estimate of drug-likeness (QED) is 0.305. The van der Waals surface area contributed by atoms with Gasteiger partial charge in [0.05, 0.1) is 24.0 Å². The van der Waals surface area contributed by atoms with Crippen LogP contribution in [0.25, 0.3) is 0 Å². The molecule has 6 nitrogen and oxygen atoms in total. The molecule has 0 saturated carbocycles. The molecule has 0 atom stereocenters. The number of rotatable bonds is 10. The topological polar surface area (TPSA) is 71.1 Å². The van der Waals surface area contributed by atoms with Crippen LogP contribution >= 0.6 is 0 Å². The third-order valence-electron chi connectivity index (χ3n) is 3.28. The molecule has 0 bridgehead atoms. The normalized spacial score (nSPS) is 10.4. The summed E-state index contributed by atoms with van der Waals surface area (Å²) in [5.74, 6) is -0.560. The Morgan fingerprint density at radius 1 is 0.640 bits per heavy atom. The van der Waals surface area contributed by atoms with Gasteiger partial charge in [0.2, 0.25) is 0 Å².